The second-order valence-corrected chi connectivity index (χ2v) is 5.85. The molecule has 3 N–H and O–H groups in total. The quantitative estimate of drug-likeness (QED) is 0.639. The minimum absolute atomic E-state index is 0.0304. The summed E-state index contributed by atoms with van der Waals surface area (Å²) in [4.78, 5) is 24.5. The van der Waals surface area contributed by atoms with Crippen molar-refractivity contribution >= 4 is 12.0 Å². The first kappa shape index (κ1) is 17.8. The van der Waals surface area contributed by atoms with Crippen molar-refractivity contribution in [1.29, 1.82) is 0 Å². The molecule has 0 aromatic heterocycles. The molecule has 0 heterocycles. The largest absolute Gasteiger partial charge is 0.481 e. The Morgan fingerprint density at radius 2 is 1.95 bits per heavy atom. The number of carbonyl (C=O) groups is 2. The molecule has 0 spiro atoms. The summed E-state index contributed by atoms with van der Waals surface area (Å²) >= 11 is 0. The predicted molar refractivity (Wildman–Crippen MR) is 80.1 cm³/mol. The van der Waals surface area contributed by atoms with E-state index >= 15 is 0 Å². The number of aliphatic hydroxyl groups excluding tert-OH is 1. The number of urea groups is 1. The molecule has 0 aliphatic heterocycles. The number of amides is 2. The van der Waals surface area contributed by atoms with Gasteiger partial charge in [0, 0.05) is 25.0 Å². The summed E-state index contributed by atoms with van der Waals surface area (Å²) in [5.74, 6) is -0.808. The molecular weight excluding hydrogens is 272 g/mol. The SMILES string of the molecule is CC(CCCC(=O)O)NC(=O)N(CCO)C1CCCCC1. The Labute approximate surface area is 126 Å². The summed E-state index contributed by atoms with van der Waals surface area (Å²) in [5.41, 5.74) is 0. The molecule has 0 bridgehead atoms. The maximum atomic E-state index is 12.3. The van der Waals surface area contributed by atoms with Gasteiger partial charge in [-0.15, -0.1) is 0 Å². The fraction of sp³-hybridized carbons (Fsp3) is 0.867. The number of nitrogens with zero attached hydrogens (tertiary/aromatic N) is 1. The minimum Gasteiger partial charge on any atom is -0.481 e. The molecule has 0 aromatic rings. The number of nitrogens with one attached hydrogen (secondary N) is 1. The fourth-order valence-corrected chi connectivity index (χ4v) is 2.88. The van der Waals surface area contributed by atoms with Crippen LogP contribution >= 0.6 is 0 Å². The van der Waals surface area contributed by atoms with E-state index in [1.807, 2.05) is 6.92 Å². The number of carboxylic acids is 1. The van der Waals surface area contributed by atoms with Crippen LogP contribution in [0.1, 0.15) is 58.3 Å². The van der Waals surface area contributed by atoms with E-state index < -0.39 is 5.97 Å². The summed E-state index contributed by atoms with van der Waals surface area (Å²) < 4.78 is 0. The molecule has 1 saturated carbocycles. The Bertz CT molecular complexity index is 330. The third kappa shape index (κ3) is 6.80. The van der Waals surface area contributed by atoms with E-state index in [1.54, 1.807) is 4.90 Å². The molecule has 2 amide bonds. The van der Waals surface area contributed by atoms with Crippen molar-refractivity contribution in [3.05, 3.63) is 0 Å². The first-order valence-electron chi connectivity index (χ1n) is 7.94. The van der Waals surface area contributed by atoms with Crippen molar-refractivity contribution in [2.24, 2.45) is 0 Å². The van der Waals surface area contributed by atoms with Gasteiger partial charge in [-0.1, -0.05) is 19.3 Å². The lowest BCUT2D eigenvalue weighted by Gasteiger charge is -2.34. The highest BCUT2D eigenvalue weighted by Gasteiger charge is 2.25. The van der Waals surface area contributed by atoms with Crippen LogP contribution in [0.2, 0.25) is 0 Å². The van der Waals surface area contributed by atoms with E-state index in [9.17, 15) is 9.59 Å². The molecule has 1 unspecified atom stereocenters. The molecule has 6 nitrogen and oxygen atoms in total. The number of hydrogen-bond donors (Lipinski definition) is 3. The van der Waals surface area contributed by atoms with Crippen LogP contribution in [0.25, 0.3) is 0 Å². The molecular formula is C15H28N2O4. The lowest BCUT2D eigenvalue weighted by Crippen LogP contribution is -2.50. The first-order valence-corrected chi connectivity index (χ1v) is 7.94. The molecule has 1 atom stereocenters. The number of carbonyl (C=O) groups excluding carboxylic acids is 1. The van der Waals surface area contributed by atoms with Gasteiger partial charge in [0.25, 0.3) is 0 Å². The van der Waals surface area contributed by atoms with Gasteiger partial charge in [-0.2, -0.15) is 0 Å². The zero-order valence-electron chi connectivity index (χ0n) is 12.9. The summed E-state index contributed by atoms with van der Waals surface area (Å²) in [7, 11) is 0. The van der Waals surface area contributed by atoms with Gasteiger partial charge in [0.15, 0.2) is 0 Å². The Morgan fingerprint density at radius 1 is 1.29 bits per heavy atom. The Balaban J connectivity index is 2.42. The van der Waals surface area contributed by atoms with Gasteiger partial charge in [-0.25, -0.2) is 4.79 Å². The molecule has 6 heteroatoms. The highest BCUT2D eigenvalue weighted by Crippen LogP contribution is 2.22. The second-order valence-electron chi connectivity index (χ2n) is 5.85. The summed E-state index contributed by atoms with van der Waals surface area (Å²) in [6.45, 7) is 2.22. The molecule has 122 valence electrons. The summed E-state index contributed by atoms with van der Waals surface area (Å²) in [6.07, 6.45) is 6.82. The smallest absolute Gasteiger partial charge is 0.317 e. The van der Waals surface area contributed by atoms with Crippen molar-refractivity contribution < 1.29 is 19.8 Å². The van der Waals surface area contributed by atoms with E-state index in [4.69, 9.17) is 10.2 Å². The number of aliphatic carboxylic acids is 1. The first-order chi connectivity index (χ1) is 10.0. The van der Waals surface area contributed by atoms with Crippen molar-refractivity contribution in [3.8, 4) is 0 Å². The standard InChI is InChI=1S/C15H28N2O4/c1-12(6-5-9-14(19)20)16-15(21)17(10-11-18)13-7-3-2-4-8-13/h12-13,18H,2-11H2,1H3,(H,16,21)(H,19,20). The highest BCUT2D eigenvalue weighted by atomic mass is 16.4. The monoisotopic (exact) mass is 300 g/mol. The van der Waals surface area contributed by atoms with Gasteiger partial charge in [0.2, 0.25) is 0 Å². The molecule has 1 aliphatic carbocycles. The van der Waals surface area contributed by atoms with E-state index in [0.717, 1.165) is 25.7 Å². The van der Waals surface area contributed by atoms with Gasteiger partial charge in [0.05, 0.1) is 6.61 Å². The van der Waals surface area contributed by atoms with Gasteiger partial charge in [0.1, 0.15) is 0 Å². The molecule has 21 heavy (non-hydrogen) atoms. The number of rotatable bonds is 8. The highest BCUT2D eigenvalue weighted by molar-refractivity contribution is 5.75. The van der Waals surface area contributed by atoms with Gasteiger partial charge in [-0.3, -0.25) is 4.79 Å². The van der Waals surface area contributed by atoms with Crippen LogP contribution in [0.4, 0.5) is 4.79 Å². The van der Waals surface area contributed by atoms with Gasteiger partial charge < -0.3 is 20.4 Å². The van der Waals surface area contributed by atoms with Crippen LogP contribution in [-0.4, -0.2) is 52.3 Å². The summed E-state index contributed by atoms with van der Waals surface area (Å²) in [5, 5.41) is 20.7. The third-order valence-electron chi connectivity index (χ3n) is 4.01. The second kappa shape index (κ2) is 9.60. The number of aliphatic hydroxyl groups is 1. The number of carboxylic acid groups (broad SMARTS) is 1. The molecule has 1 fully saturated rings. The third-order valence-corrected chi connectivity index (χ3v) is 4.01. The van der Waals surface area contributed by atoms with Crippen LogP contribution in [0.3, 0.4) is 0 Å². The number of hydrogen-bond acceptors (Lipinski definition) is 3. The van der Waals surface area contributed by atoms with Crippen molar-refractivity contribution in [3.63, 3.8) is 0 Å². The summed E-state index contributed by atoms with van der Waals surface area (Å²) in [6, 6.07) is 0.0255. The van der Waals surface area contributed by atoms with Crippen LogP contribution in [-0.2, 0) is 4.79 Å². The molecule has 1 rings (SSSR count). The Hall–Kier alpha value is -1.30. The van der Waals surface area contributed by atoms with E-state index in [1.165, 1.54) is 6.42 Å². The molecule has 0 aromatic carbocycles. The Morgan fingerprint density at radius 3 is 2.52 bits per heavy atom. The lowest BCUT2D eigenvalue weighted by atomic mass is 9.94. The minimum atomic E-state index is -0.808. The zero-order chi connectivity index (χ0) is 15.7. The fourth-order valence-electron chi connectivity index (χ4n) is 2.88. The van der Waals surface area contributed by atoms with E-state index in [-0.39, 0.29) is 31.1 Å². The van der Waals surface area contributed by atoms with E-state index in [0.29, 0.717) is 19.4 Å². The average molecular weight is 300 g/mol. The normalized spacial score (nSPS) is 17.2. The van der Waals surface area contributed by atoms with Crippen LogP contribution < -0.4 is 5.32 Å². The maximum absolute atomic E-state index is 12.3. The van der Waals surface area contributed by atoms with Gasteiger partial charge >= 0.3 is 12.0 Å². The average Bonchev–Trinajstić information content (AvgIpc) is 2.45. The van der Waals surface area contributed by atoms with Crippen LogP contribution in [0.15, 0.2) is 0 Å². The van der Waals surface area contributed by atoms with E-state index in [2.05, 4.69) is 5.32 Å². The van der Waals surface area contributed by atoms with Crippen molar-refractivity contribution in [2.45, 2.75) is 70.4 Å². The van der Waals surface area contributed by atoms with Crippen molar-refractivity contribution in [2.75, 3.05) is 13.2 Å². The van der Waals surface area contributed by atoms with Crippen molar-refractivity contribution in [1.82, 2.24) is 10.2 Å². The maximum Gasteiger partial charge on any atom is 0.317 e. The molecule has 0 radical (unpaired) electrons. The lowest BCUT2D eigenvalue weighted by molar-refractivity contribution is -0.137. The van der Waals surface area contributed by atoms with Gasteiger partial charge in [-0.05, 0) is 32.6 Å². The Kier molecular flexibility index (Phi) is 8.12. The van der Waals surface area contributed by atoms with Crippen LogP contribution in [0, 0.1) is 0 Å². The zero-order valence-corrected chi connectivity index (χ0v) is 12.9. The molecule has 1 aliphatic rings. The topological polar surface area (TPSA) is 89.9 Å². The predicted octanol–water partition coefficient (Wildman–Crippen LogP) is 1.97. The van der Waals surface area contributed by atoms with Crippen LogP contribution in [0.5, 0.6) is 0 Å². The molecule has 0 saturated heterocycles.